The number of aromatic nitrogens is 1. The van der Waals surface area contributed by atoms with Crippen LogP contribution in [0.1, 0.15) is 28.5 Å². The summed E-state index contributed by atoms with van der Waals surface area (Å²) in [6, 6.07) is 14.7. The maximum absolute atomic E-state index is 13.1. The van der Waals surface area contributed by atoms with Gasteiger partial charge in [0.25, 0.3) is 5.78 Å². The molecule has 2 aromatic carbocycles. The number of Topliss-reactive ketones (excluding diaryl/α,β-unsaturated/α-hetero) is 1. The summed E-state index contributed by atoms with van der Waals surface area (Å²) in [5, 5.41) is 15.0. The molecule has 0 saturated carbocycles. The zero-order valence-corrected chi connectivity index (χ0v) is 16.7. The summed E-state index contributed by atoms with van der Waals surface area (Å²) in [6.45, 7) is 3.61. The molecule has 1 N–H and O–H groups in total. The Hall–Kier alpha value is -3.87. The molecule has 0 unspecified atom stereocenters. The lowest BCUT2D eigenvalue weighted by molar-refractivity contribution is -0.132. The number of hydrogen-bond donors (Lipinski definition) is 1. The molecule has 7 heteroatoms. The number of para-hydroxylation sites is 1. The van der Waals surface area contributed by atoms with Gasteiger partial charge in [0.2, 0.25) is 0 Å². The standard InChI is InChI=1S/C23H20N2O5/c1-13-8-10-15(11-9-13)21(26)19-20(16-6-4-5-7-17(16)29-3)25(23(28)22(19)27)18-12-14(2)30-24-18/h4-12,20,26H,1-3H3/t20-/m1/s1. The maximum atomic E-state index is 13.1. The zero-order valence-electron chi connectivity index (χ0n) is 16.7. The Balaban J connectivity index is 1.98. The van der Waals surface area contributed by atoms with Crippen molar-refractivity contribution in [1.82, 2.24) is 5.16 Å². The number of carbonyl (C=O) groups is 2. The molecule has 30 heavy (non-hydrogen) atoms. The van der Waals surface area contributed by atoms with E-state index in [4.69, 9.17) is 9.26 Å². The number of rotatable bonds is 4. The number of hydrogen-bond acceptors (Lipinski definition) is 6. The summed E-state index contributed by atoms with van der Waals surface area (Å²) < 4.78 is 10.6. The van der Waals surface area contributed by atoms with Crippen molar-refractivity contribution in [3.63, 3.8) is 0 Å². The van der Waals surface area contributed by atoms with Crippen molar-refractivity contribution in [3.05, 3.63) is 82.6 Å². The molecule has 1 aliphatic heterocycles. The third-order valence-corrected chi connectivity index (χ3v) is 5.07. The quantitative estimate of drug-likeness (QED) is 0.402. The first-order chi connectivity index (χ1) is 14.4. The lowest BCUT2D eigenvalue weighted by atomic mass is 9.94. The van der Waals surface area contributed by atoms with E-state index in [0.29, 0.717) is 22.6 Å². The fourth-order valence-corrected chi connectivity index (χ4v) is 3.59. The van der Waals surface area contributed by atoms with Gasteiger partial charge in [0.1, 0.15) is 23.3 Å². The van der Waals surface area contributed by atoms with E-state index in [1.54, 1.807) is 49.4 Å². The first-order valence-electron chi connectivity index (χ1n) is 9.36. The smallest absolute Gasteiger partial charge is 0.301 e. The van der Waals surface area contributed by atoms with E-state index in [-0.39, 0.29) is 17.2 Å². The monoisotopic (exact) mass is 404 g/mol. The number of benzene rings is 2. The first kappa shape index (κ1) is 19.4. The highest BCUT2D eigenvalue weighted by Crippen LogP contribution is 2.44. The molecular formula is C23H20N2O5. The summed E-state index contributed by atoms with van der Waals surface area (Å²) in [6.07, 6.45) is 0. The number of methoxy groups -OCH3 is 1. The number of ketones is 1. The molecule has 0 radical (unpaired) electrons. The third kappa shape index (κ3) is 3.14. The molecule has 4 rings (SSSR count). The molecule has 7 nitrogen and oxygen atoms in total. The average Bonchev–Trinajstić information content (AvgIpc) is 3.29. The SMILES string of the molecule is COc1ccccc1[C@@H]1C(=C(O)c2ccc(C)cc2)C(=O)C(=O)N1c1cc(C)on1. The van der Waals surface area contributed by atoms with E-state index in [2.05, 4.69) is 5.16 Å². The van der Waals surface area contributed by atoms with E-state index < -0.39 is 17.7 Å². The molecule has 0 spiro atoms. The van der Waals surface area contributed by atoms with Crippen LogP contribution in [0, 0.1) is 13.8 Å². The Bertz CT molecular complexity index is 1160. The van der Waals surface area contributed by atoms with Crippen molar-refractivity contribution >= 4 is 23.3 Å². The van der Waals surface area contributed by atoms with Crippen LogP contribution < -0.4 is 9.64 Å². The minimum Gasteiger partial charge on any atom is -0.507 e. The number of aryl methyl sites for hydroxylation is 2. The van der Waals surface area contributed by atoms with Crippen LogP contribution in [0.15, 0.2) is 64.7 Å². The molecule has 0 aliphatic carbocycles. The predicted molar refractivity (Wildman–Crippen MR) is 110 cm³/mol. The van der Waals surface area contributed by atoms with E-state index in [1.165, 1.54) is 12.0 Å². The third-order valence-electron chi connectivity index (χ3n) is 5.07. The number of carbonyl (C=O) groups excluding carboxylic acids is 2. The van der Waals surface area contributed by atoms with Gasteiger partial charge in [-0.1, -0.05) is 53.2 Å². The van der Waals surface area contributed by atoms with Crippen LogP contribution in [0.3, 0.4) is 0 Å². The van der Waals surface area contributed by atoms with Crippen LogP contribution in [-0.4, -0.2) is 29.1 Å². The Morgan fingerprint density at radius 1 is 1.10 bits per heavy atom. The molecule has 1 fully saturated rings. The average molecular weight is 404 g/mol. The fraction of sp³-hybridized carbons (Fsp3) is 0.174. The number of aliphatic hydroxyl groups is 1. The number of nitrogens with zero attached hydrogens (tertiary/aromatic N) is 2. The summed E-state index contributed by atoms with van der Waals surface area (Å²) in [4.78, 5) is 27.3. The van der Waals surface area contributed by atoms with Gasteiger partial charge in [-0.05, 0) is 19.9 Å². The van der Waals surface area contributed by atoms with Crippen LogP contribution >= 0.6 is 0 Å². The van der Waals surface area contributed by atoms with Crippen LogP contribution in [-0.2, 0) is 9.59 Å². The minimum absolute atomic E-state index is 0.0333. The summed E-state index contributed by atoms with van der Waals surface area (Å²) in [5.41, 5.74) is 1.96. The molecule has 1 saturated heterocycles. The van der Waals surface area contributed by atoms with Crippen LogP contribution in [0.25, 0.3) is 5.76 Å². The van der Waals surface area contributed by atoms with Gasteiger partial charge in [0.05, 0.1) is 12.7 Å². The van der Waals surface area contributed by atoms with Gasteiger partial charge < -0.3 is 14.4 Å². The highest BCUT2D eigenvalue weighted by molar-refractivity contribution is 6.51. The van der Waals surface area contributed by atoms with Crippen molar-refractivity contribution in [2.75, 3.05) is 12.0 Å². The lowest BCUT2D eigenvalue weighted by Gasteiger charge is -2.24. The molecule has 1 aromatic heterocycles. The summed E-state index contributed by atoms with van der Waals surface area (Å²) >= 11 is 0. The van der Waals surface area contributed by atoms with Crippen LogP contribution in [0.4, 0.5) is 5.82 Å². The van der Waals surface area contributed by atoms with E-state index >= 15 is 0 Å². The first-order valence-corrected chi connectivity index (χ1v) is 9.36. The maximum Gasteiger partial charge on any atom is 0.301 e. The highest BCUT2D eigenvalue weighted by Gasteiger charge is 2.49. The van der Waals surface area contributed by atoms with E-state index in [1.807, 2.05) is 19.1 Å². The normalized spacial score (nSPS) is 18.1. The van der Waals surface area contributed by atoms with Gasteiger partial charge in [-0.2, -0.15) is 0 Å². The molecule has 1 aliphatic rings. The van der Waals surface area contributed by atoms with Crippen molar-refractivity contribution in [3.8, 4) is 5.75 Å². The van der Waals surface area contributed by atoms with Crippen molar-refractivity contribution < 1.29 is 24.0 Å². The molecule has 1 amide bonds. The van der Waals surface area contributed by atoms with Gasteiger partial charge >= 0.3 is 5.91 Å². The number of ether oxygens (including phenoxy) is 1. The molecule has 0 bridgehead atoms. The Morgan fingerprint density at radius 3 is 2.43 bits per heavy atom. The summed E-state index contributed by atoms with van der Waals surface area (Å²) in [7, 11) is 1.51. The van der Waals surface area contributed by atoms with E-state index in [9.17, 15) is 14.7 Å². The Kier molecular flexibility index (Phi) is 4.87. The Morgan fingerprint density at radius 2 is 1.80 bits per heavy atom. The molecule has 2 heterocycles. The van der Waals surface area contributed by atoms with Crippen molar-refractivity contribution in [2.45, 2.75) is 19.9 Å². The molecule has 1 atom stereocenters. The van der Waals surface area contributed by atoms with Gasteiger partial charge in [0, 0.05) is 17.2 Å². The predicted octanol–water partition coefficient (Wildman–Crippen LogP) is 3.93. The lowest BCUT2D eigenvalue weighted by Crippen LogP contribution is -2.29. The zero-order chi connectivity index (χ0) is 21.4. The van der Waals surface area contributed by atoms with Crippen LogP contribution in [0.5, 0.6) is 5.75 Å². The largest absolute Gasteiger partial charge is 0.507 e. The van der Waals surface area contributed by atoms with E-state index in [0.717, 1.165) is 5.56 Å². The van der Waals surface area contributed by atoms with Gasteiger partial charge in [-0.25, -0.2) is 0 Å². The summed E-state index contributed by atoms with van der Waals surface area (Å²) in [5.74, 6) is -0.702. The molecule has 152 valence electrons. The Labute approximate surface area is 173 Å². The van der Waals surface area contributed by atoms with Gasteiger partial charge in [0.15, 0.2) is 5.82 Å². The second kappa shape index (κ2) is 7.51. The topological polar surface area (TPSA) is 92.9 Å². The second-order valence-electron chi connectivity index (χ2n) is 7.07. The van der Waals surface area contributed by atoms with Gasteiger partial charge in [-0.15, -0.1) is 0 Å². The fourth-order valence-electron chi connectivity index (χ4n) is 3.59. The number of anilines is 1. The van der Waals surface area contributed by atoms with Crippen molar-refractivity contribution in [2.24, 2.45) is 0 Å². The highest BCUT2D eigenvalue weighted by atomic mass is 16.5. The van der Waals surface area contributed by atoms with Gasteiger partial charge in [-0.3, -0.25) is 14.5 Å². The minimum atomic E-state index is -0.924. The molecule has 3 aromatic rings. The molecular weight excluding hydrogens is 384 g/mol. The number of aliphatic hydroxyl groups excluding tert-OH is 1. The van der Waals surface area contributed by atoms with Crippen LogP contribution in [0.2, 0.25) is 0 Å². The van der Waals surface area contributed by atoms with Crippen molar-refractivity contribution in [1.29, 1.82) is 0 Å². The second-order valence-corrected chi connectivity index (χ2v) is 7.07. The number of amides is 1.